The van der Waals surface area contributed by atoms with Crippen LogP contribution in [0.15, 0.2) is 48.5 Å². The lowest BCUT2D eigenvalue weighted by molar-refractivity contribution is -0.142. The number of carboxylic acid groups (broad SMARTS) is 1. The van der Waals surface area contributed by atoms with Crippen molar-refractivity contribution in [3.63, 3.8) is 0 Å². The van der Waals surface area contributed by atoms with Crippen LogP contribution in [-0.2, 0) is 27.2 Å². The fourth-order valence-corrected chi connectivity index (χ4v) is 2.94. The highest BCUT2D eigenvalue weighted by Crippen LogP contribution is 2.13. The second-order valence-electron chi connectivity index (χ2n) is 6.99. The summed E-state index contributed by atoms with van der Waals surface area (Å²) in [5.41, 5.74) is 6.91. The number of benzene rings is 2. The number of rotatable bonds is 10. The quantitative estimate of drug-likeness (QED) is 0.256. The standard InChI is InChI=1S/C21H25N3O6S/c22-16(11-31)19(27)23-17(9-12-1-5-14(25)6-2-12)20(28)24-18(21(29)30)10-13-3-7-15(26)8-4-13/h1-8,16-18,25-26,31H,9-11,22H2,(H,23,27)(H,24,28)(H,29,30)/t16-,17+,18-/m1/s1. The van der Waals surface area contributed by atoms with Crippen LogP contribution in [0.5, 0.6) is 11.5 Å². The highest BCUT2D eigenvalue weighted by molar-refractivity contribution is 7.80. The summed E-state index contributed by atoms with van der Waals surface area (Å²) in [6, 6.07) is 8.72. The van der Waals surface area contributed by atoms with Gasteiger partial charge in [-0.3, -0.25) is 9.59 Å². The van der Waals surface area contributed by atoms with Crippen LogP contribution in [0.3, 0.4) is 0 Å². The number of hydrogen-bond acceptors (Lipinski definition) is 7. The van der Waals surface area contributed by atoms with E-state index < -0.39 is 35.9 Å². The van der Waals surface area contributed by atoms with Crippen molar-refractivity contribution >= 4 is 30.4 Å². The number of thiol groups is 1. The minimum absolute atomic E-state index is 0.0165. The summed E-state index contributed by atoms with van der Waals surface area (Å²) >= 11 is 3.97. The van der Waals surface area contributed by atoms with Gasteiger partial charge in [-0.2, -0.15) is 12.6 Å². The fraction of sp³-hybridized carbons (Fsp3) is 0.286. The number of aromatic hydroxyl groups is 2. The molecule has 9 nitrogen and oxygen atoms in total. The van der Waals surface area contributed by atoms with Gasteiger partial charge < -0.3 is 31.7 Å². The monoisotopic (exact) mass is 447 g/mol. The van der Waals surface area contributed by atoms with E-state index in [1.165, 1.54) is 24.3 Å². The molecule has 2 rings (SSSR count). The van der Waals surface area contributed by atoms with Crippen molar-refractivity contribution in [1.29, 1.82) is 0 Å². The summed E-state index contributed by atoms with van der Waals surface area (Å²) in [5.74, 6) is -2.39. The van der Waals surface area contributed by atoms with Gasteiger partial charge in [-0.1, -0.05) is 24.3 Å². The Hall–Kier alpha value is -3.24. The normalized spacial score (nSPS) is 13.6. The van der Waals surface area contributed by atoms with Crippen LogP contribution >= 0.6 is 12.6 Å². The molecule has 0 bridgehead atoms. The zero-order chi connectivity index (χ0) is 23.0. The molecule has 0 unspecified atom stereocenters. The highest BCUT2D eigenvalue weighted by atomic mass is 32.1. The van der Waals surface area contributed by atoms with E-state index in [-0.39, 0.29) is 30.1 Å². The third-order valence-electron chi connectivity index (χ3n) is 4.53. The van der Waals surface area contributed by atoms with Gasteiger partial charge in [-0.15, -0.1) is 0 Å². The molecule has 2 amide bonds. The summed E-state index contributed by atoms with van der Waals surface area (Å²) in [7, 11) is 0. The van der Waals surface area contributed by atoms with Crippen molar-refractivity contribution in [2.45, 2.75) is 31.0 Å². The van der Waals surface area contributed by atoms with Gasteiger partial charge in [0.2, 0.25) is 11.8 Å². The van der Waals surface area contributed by atoms with Crippen molar-refractivity contribution in [3.8, 4) is 11.5 Å². The SMILES string of the molecule is N[C@H](CS)C(=O)N[C@@H](Cc1ccc(O)cc1)C(=O)N[C@H](Cc1ccc(O)cc1)C(=O)O. The maximum absolute atomic E-state index is 12.9. The Morgan fingerprint density at radius 3 is 1.65 bits per heavy atom. The molecular weight excluding hydrogens is 422 g/mol. The zero-order valence-corrected chi connectivity index (χ0v) is 17.5. The van der Waals surface area contributed by atoms with Crippen molar-refractivity contribution in [1.82, 2.24) is 10.6 Å². The molecule has 31 heavy (non-hydrogen) atoms. The molecule has 166 valence electrons. The van der Waals surface area contributed by atoms with Crippen LogP contribution < -0.4 is 16.4 Å². The largest absolute Gasteiger partial charge is 0.508 e. The summed E-state index contributed by atoms with van der Waals surface area (Å²) in [5, 5.41) is 33.3. The first kappa shape index (κ1) is 24.0. The Morgan fingerprint density at radius 2 is 1.23 bits per heavy atom. The average molecular weight is 448 g/mol. The maximum Gasteiger partial charge on any atom is 0.326 e. The molecular formula is C21H25N3O6S. The molecule has 2 aromatic rings. The Balaban J connectivity index is 2.17. The number of aliphatic carboxylic acids is 1. The number of hydrogen-bond donors (Lipinski definition) is 7. The molecule has 0 heterocycles. The molecule has 0 saturated heterocycles. The second-order valence-corrected chi connectivity index (χ2v) is 7.36. The van der Waals surface area contributed by atoms with Crippen LogP contribution in [0.2, 0.25) is 0 Å². The Morgan fingerprint density at radius 1 is 0.806 bits per heavy atom. The van der Waals surface area contributed by atoms with E-state index in [4.69, 9.17) is 5.73 Å². The average Bonchev–Trinajstić information content (AvgIpc) is 2.74. The molecule has 7 N–H and O–H groups in total. The van der Waals surface area contributed by atoms with Gasteiger partial charge in [0.25, 0.3) is 0 Å². The molecule has 2 aromatic carbocycles. The van der Waals surface area contributed by atoms with Gasteiger partial charge in [0.1, 0.15) is 23.6 Å². The van der Waals surface area contributed by atoms with E-state index in [0.717, 1.165) is 0 Å². The predicted molar refractivity (Wildman–Crippen MR) is 117 cm³/mol. The number of phenolic OH excluding ortho intramolecular Hbond substituents is 2. The summed E-state index contributed by atoms with van der Waals surface area (Å²) < 4.78 is 0. The predicted octanol–water partition coefficient (Wildman–Crippen LogP) is 0.194. The van der Waals surface area contributed by atoms with Gasteiger partial charge >= 0.3 is 5.97 Å². The molecule has 0 spiro atoms. The number of nitrogens with two attached hydrogens (primary N) is 1. The second kappa shape index (κ2) is 11.2. The lowest BCUT2D eigenvalue weighted by Crippen LogP contribution is -2.55. The van der Waals surface area contributed by atoms with E-state index in [9.17, 15) is 29.7 Å². The van der Waals surface area contributed by atoms with Gasteiger partial charge in [-0.05, 0) is 35.4 Å². The smallest absolute Gasteiger partial charge is 0.326 e. The first-order chi connectivity index (χ1) is 14.7. The lowest BCUT2D eigenvalue weighted by atomic mass is 10.0. The minimum Gasteiger partial charge on any atom is -0.508 e. The Bertz CT molecular complexity index is 904. The molecule has 0 aromatic heterocycles. The number of carbonyl (C=O) groups excluding carboxylic acids is 2. The topological polar surface area (TPSA) is 162 Å². The van der Waals surface area contributed by atoms with Gasteiger partial charge in [0, 0.05) is 18.6 Å². The number of carbonyl (C=O) groups is 3. The van der Waals surface area contributed by atoms with Crippen LogP contribution in [0.1, 0.15) is 11.1 Å². The van der Waals surface area contributed by atoms with Crippen molar-refractivity contribution in [3.05, 3.63) is 59.7 Å². The number of amides is 2. The first-order valence-corrected chi connectivity index (χ1v) is 10.1. The molecule has 0 fully saturated rings. The number of nitrogens with one attached hydrogen (secondary N) is 2. The van der Waals surface area contributed by atoms with Crippen molar-refractivity contribution in [2.24, 2.45) is 5.73 Å². The molecule has 0 aliphatic carbocycles. The van der Waals surface area contributed by atoms with Crippen LogP contribution in [0.4, 0.5) is 0 Å². The number of phenols is 2. The van der Waals surface area contributed by atoms with E-state index in [0.29, 0.717) is 11.1 Å². The third-order valence-corrected chi connectivity index (χ3v) is 4.93. The Labute approximate surface area is 184 Å². The van der Waals surface area contributed by atoms with E-state index in [1.807, 2.05) is 0 Å². The van der Waals surface area contributed by atoms with E-state index in [1.54, 1.807) is 24.3 Å². The van der Waals surface area contributed by atoms with Gasteiger partial charge in [0.05, 0.1) is 6.04 Å². The Kier molecular flexibility index (Phi) is 8.71. The summed E-state index contributed by atoms with van der Waals surface area (Å²) in [6.07, 6.45) is 0.0417. The molecule has 0 radical (unpaired) electrons. The molecule has 0 saturated carbocycles. The third kappa shape index (κ3) is 7.50. The first-order valence-electron chi connectivity index (χ1n) is 9.45. The molecule has 0 aliphatic rings. The van der Waals surface area contributed by atoms with Crippen molar-refractivity contribution in [2.75, 3.05) is 5.75 Å². The summed E-state index contributed by atoms with van der Waals surface area (Å²) in [4.78, 5) is 36.8. The zero-order valence-electron chi connectivity index (χ0n) is 16.6. The highest BCUT2D eigenvalue weighted by Gasteiger charge is 2.28. The lowest BCUT2D eigenvalue weighted by Gasteiger charge is -2.23. The molecule has 0 aliphatic heterocycles. The van der Waals surface area contributed by atoms with E-state index >= 15 is 0 Å². The van der Waals surface area contributed by atoms with Crippen LogP contribution in [-0.4, -0.2) is 57.0 Å². The molecule has 3 atom stereocenters. The molecule has 10 heteroatoms. The van der Waals surface area contributed by atoms with Gasteiger partial charge in [-0.25, -0.2) is 4.79 Å². The minimum atomic E-state index is -1.25. The maximum atomic E-state index is 12.9. The fourth-order valence-electron chi connectivity index (χ4n) is 2.78. The number of carboxylic acids is 1. The van der Waals surface area contributed by atoms with Crippen LogP contribution in [0.25, 0.3) is 0 Å². The summed E-state index contributed by atoms with van der Waals surface area (Å²) in [6.45, 7) is 0. The van der Waals surface area contributed by atoms with Crippen molar-refractivity contribution < 1.29 is 29.7 Å². The van der Waals surface area contributed by atoms with Crippen LogP contribution in [0, 0.1) is 0 Å². The van der Waals surface area contributed by atoms with Gasteiger partial charge in [0.15, 0.2) is 0 Å². The van der Waals surface area contributed by atoms with E-state index in [2.05, 4.69) is 23.3 Å².